The number of aliphatic carboxylic acids is 1. The molecule has 1 aromatic rings. The summed E-state index contributed by atoms with van der Waals surface area (Å²) in [5, 5.41) is 29.4. The number of carbonyl (C=O) groups excluding carboxylic acids is 1. The van der Waals surface area contributed by atoms with Crippen molar-refractivity contribution in [1.82, 2.24) is 4.90 Å². The van der Waals surface area contributed by atoms with Crippen LogP contribution in [0.1, 0.15) is 16.8 Å². The van der Waals surface area contributed by atoms with Crippen molar-refractivity contribution >= 4 is 29.2 Å². The van der Waals surface area contributed by atoms with E-state index in [2.05, 4.69) is 0 Å². The van der Waals surface area contributed by atoms with E-state index in [4.69, 9.17) is 16.7 Å². The van der Waals surface area contributed by atoms with Crippen molar-refractivity contribution in [1.29, 1.82) is 0 Å². The minimum atomic E-state index is -1.27. The monoisotopic (exact) mass is 314 g/mol. The van der Waals surface area contributed by atoms with Crippen LogP contribution in [0.25, 0.3) is 0 Å². The minimum Gasteiger partial charge on any atom is -0.480 e. The molecule has 1 aromatic carbocycles. The molecule has 2 rings (SSSR count). The predicted octanol–water partition coefficient (Wildman–Crippen LogP) is 0.908. The first kappa shape index (κ1) is 15.2. The lowest BCUT2D eigenvalue weighted by atomic mass is 10.1. The fourth-order valence-corrected chi connectivity index (χ4v) is 2.54. The molecule has 9 heteroatoms. The SMILES string of the molecule is O=C(O)[C@@H]1CC(O)CN1C(=O)c1cccc(Cl)c1[N+](=O)[O-]. The summed E-state index contributed by atoms with van der Waals surface area (Å²) in [5.41, 5.74) is -0.873. The van der Waals surface area contributed by atoms with Crippen molar-refractivity contribution in [3.05, 3.63) is 38.9 Å². The van der Waals surface area contributed by atoms with Crippen LogP contribution in [0, 0.1) is 10.1 Å². The van der Waals surface area contributed by atoms with E-state index in [9.17, 15) is 24.8 Å². The van der Waals surface area contributed by atoms with Gasteiger partial charge in [-0.1, -0.05) is 17.7 Å². The summed E-state index contributed by atoms with van der Waals surface area (Å²) in [5.74, 6) is -2.11. The second kappa shape index (κ2) is 5.66. The normalized spacial score (nSPS) is 21.3. The highest BCUT2D eigenvalue weighted by Gasteiger charge is 2.41. The molecule has 112 valence electrons. The van der Waals surface area contributed by atoms with E-state index in [0.29, 0.717) is 0 Å². The van der Waals surface area contributed by atoms with Gasteiger partial charge >= 0.3 is 11.7 Å². The summed E-state index contributed by atoms with van der Waals surface area (Å²) in [4.78, 5) is 34.6. The number of aliphatic hydroxyl groups excluding tert-OH is 1. The maximum Gasteiger partial charge on any atom is 0.326 e. The molecule has 1 aliphatic heterocycles. The van der Waals surface area contributed by atoms with Crippen LogP contribution < -0.4 is 0 Å². The molecule has 0 aliphatic carbocycles. The molecule has 2 atom stereocenters. The Kier molecular flexibility index (Phi) is 4.10. The van der Waals surface area contributed by atoms with Crippen LogP contribution in [0.15, 0.2) is 18.2 Å². The molecule has 0 spiro atoms. The maximum atomic E-state index is 12.4. The molecule has 0 radical (unpaired) electrons. The van der Waals surface area contributed by atoms with Gasteiger partial charge in [0, 0.05) is 13.0 Å². The van der Waals surface area contributed by atoms with Gasteiger partial charge < -0.3 is 15.1 Å². The Morgan fingerprint density at radius 3 is 2.67 bits per heavy atom. The Hall–Kier alpha value is -2.19. The van der Waals surface area contributed by atoms with Gasteiger partial charge in [0.15, 0.2) is 0 Å². The Morgan fingerprint density at radius 1 is 1.43 bits per heavy atom. The fourth-order valence-electron chi connectivity index (χ4n) is 2.30. The number of halogens is 1. The van der Waals surface area contributed by atoms with Gasteiger partial charge in [-0.05, 0) is 12.1 Å². The van der Waals surface area contributed by atoms with Gasteiger partial charge in [-0.15, -0.1) is 0 Å². The largest absolute Gasteiger partial charge is 0.480 e. The molecule has 1 heterocycles. The number of amides is 1. The molecule has 0 saturated carbocycles. The summed E-state index contributed by atoms with van der Waals surface area (Å²) in [6.45, 7) is -0.195. The summed E-state index contributed by atoms with van der Waals surface area (Å²) in [7, 11) is 0. The number of nitro groups is 1. The van der Waals surface area contributed by atoms with E-state index in [-0.39, 0.29) is 23.6 Å². The number of β-amino-alcohol motifs (C(OH)–C–C–N with tert-alkyl or cyclic N) is 1. The number of nitrogens with zero attached hydrogens (tertiary/aromatic N) is 2. The molecule has 0 aromatic heterocycles. The molecule has 21 heavy (non-hydrogen) atoms. The molecular formula is C12H11ClN2O6. The molecule has 1 fully saturated rings. The average Bonchev–Trinajstić information content (AvgIpc) is 2.79. The second-order valence-electron chi connectivity index (χ2n) is 4.59. The molecule has 1 aliphatic rings. The van der Waals surface area contributed by atoms with Gasteiger partial charge in [-0.3, -0.25) is 14.9 Å². The average molecular weight is 315 g/mol. The second-order valence-corrected chi connectivity index (χ2v) is 5.00. The third-order valence-corrected chi connectivity index (χ3v) is 3.53. The van der Waals surface area contributed by atoms with Crippen LogP contribution in [-0.4, -0.2) is 50.6 Å². The van der Waals surface area contributed by atoms with Gasteiger partial charge in [0.2, 0.25) is 0 Å². The van der Waals surface area contributed by atoms with Crippen LogP contribution in [-0.2, 0) is 4.79 Å². The topological polar surface area (TPSA) is 121 Å². The quantitative estimate of drug-likeness (QED) is 0.631. The number of para-hydroxylation sites is 1. The first-order chi connectivity index (χ1) is 9.82. The number of benzene rings is 1. The smallest absolute Gasteiger partial charge is 0.326 e. The van der Waals surface area contributed by atoms with Gasteiger partial charge in [0.1, 0.15) is 16.6 Å². The van der Waals surface area contributed by atoms with E-state index in [1.54, 1.807) is 0 Å². The summed E-state index contributed by atoms with van der Waals surface area (Å²) >= 11 is 5.72. The van der Waals surface area contributed by atoms with Crippen molar-refractivity contribution in [3.8, 4) is 0 Å². The number of carbonyl (C=O) groups is 2. The third-order valence-electron chi connectivity index (χ3n) is 3.22. The Morgan fingerprint density at radius 2 is 2.10 bits per heavy atom. The lowest BCUT2D eigenvalue weighted by Gasteiger charge is -2.21. The van der Waals surface area contributed by atoms with Gasteiger partial charge in [0.25, 0.3) is 5.91 Å². The lowest BCUT2D eigenvalue weighted by molar-refractivity contribution is -0.385. The van der Waals surface area contributed by atoms with Gasteiger partial charge in [0.05, 0.1) is 11.0 Å². The zero-order valence-electron chi connectivity index (χ0n) is 10.6. The maximum absolute atomic E-state index is 12.4. The Bertz CT molecular complexity index is 620. The zero-order chi connectivity index (χ0) is 15.7. The highest BCUT2D eigenvalue weighted by Crippen LogP contribution is 2.31. The third kappa shape index (κ3) is 2.81. The zero-order valence-corrected chi connectivity index (χ0v) is 11.4. The van der Waals surface area contributed by atoms with Crippen molar-refractivity contribution < 1.29 is 24.7 Å². The van der Waals surface area contributed by atoms with Crippen molar-refractivity contribution in [3.63, 3.8) is 0 Å². The summed E-state index contributed by atoms with van der Waals surface area (Å²) in [6.07, 6.45) is -1.09. The molecule has 2 N–H and O–H groups in total. The number of rotatable bonds is 3. The van der Waals surface area contributed by atoms with Gasteiger partial charge in [-0.2, -0.15) is 0 Å². The van der Waals surface area contributed by atoms with Crippen LogP contribution in [0.5, 0.6) is 0 Å². The van der Waals surface area contributed by atoms with E-state index in [1.807, 2.05) is 0 Å². The number of hydrogen-bond donors (Lipinski definition) is 2. The number of hydrogen-bond acceptors (Lipinski definition) is 5. The van der Waals surface area contributed by atoms with E-state index < -0.39 is 34.6 Å². The van der Waals surface area contributed by atoms with Crippen molar-refractivity contribution in [2.24, 2.45) is 0 Å². The summed E-state index contributed by atoms with van der Waals surface area (Å²) in [6, 6.07) is 2.62. The highest BCUT2D eigenvalue weighted by atomic mass is 35.5. The number of carboxylic acids is 1. The first-order valence-electron chi connectivity index (χ1n) is 5.97. The van der Waals surface area contributed by atoms with Crippen LogP contribution >= 0.6 is 11.6 Å². The molecule has 1 amide bonds. The van der Waals surface area contributed by atoms with E-state index in [1.165, 1.54) is 18.2 Å². The molecular weight excluding hydrogens is 304 g/mol. The number of carboxylic acid groups (broad SMARTS) is 1. The van der Waals surface area contributed by atoms with Crippen molar-refractivity contribution in [2.45, 2.75) is 18.6 Å². The summed E-state index contributed by atoms with van der Waals surface area (Å²) < 4.78 is 0. The number of nitro benzene ring substituents is 1. The molecule has 1 saturated heterocycles. The first-order valence-corrected chi connectivity index (χ1v) is 6.35. The molecule has 0 bridgehead atoms. The predicted molar refractivity (Wildman–Crippen MR) is 71.2 cm³/mol. The van der Waals surface area contributed by atoms with E-state index >= 15 is 0 Å². The van der Waals surface area contributed by atoms with Gasteiger partial charge in [-0.25, -0.2) is 4.79 Å². The van der Waals surface area contributed by atoms with Crippen LogP contribution in [0.3, 0.4) is 0 Å². The van der Waals surface area contributed by atoms with Crippen molar-refractivity contribution in [2.75, 3.05) is 6.54 Å². The van der Waals surface area contributed by atoms with E-state index in [0.717, 1.165) is 4.90 Å². The fraction of sp³-hybridized carbons (Fsp3) is 0.333. The standard InChI is InChI=1S/C12H11ClN2O6/c13-8-3-1-2-7(10(8)15(20)21)11(17)14-5-6(16)4-9(14)12(18)19/h1-3,6,9,16H,4-5H2,(H,18,19)/t6?,9-/m0/s1. The lowest BCUT2D eigenvalue weighted by Crippen LogP contribution is -2.40. The molecule has 8 nitrogen and oxygen atoms in total. The number of aliphatic hydroxyl groups is 1. The molecule has 1 unspecified atom stereocenters. The number of likely N-dealkylation sites (tertiary alicyclic amines) is 1. The Labute approximate surface area is 123 Å². The van der Waals surface area contributed by atoms with Crippen LogP contribution in [0.2, 0.25) is 5.02 Å². The highest BCUT2D eigenvalue weighted by molar-refractivity contribution is 6.33. The Balaban J connectivity index is 2.43. The van der Waals surface area contributed by atoms with Crippen LogP contribution in [0.4, 0.5) is 5.69 Å². The minimum absolute atomic E-state index is 0.116.